The zero-order valence-electron chi connectivity index (χ0n) is 22.3. The number of anilines is 4. The smallest absolute Gasteiger partial charge is 0.268 e. The van der Waals surface area contributed by atoms with Crippen LogP contribution in [0.25, 0.3) is 32.6 Å². The number of carbonyl (C=O) groups is 1. The van der Waals surface area contributed by atoms with Gasteiger partial charge in [0.2, 0.25) is 5.91 Å². The first-order valence-electron chi connectivity index (χ1n) is 12.4. The number of rotatable bonds is 9. The van der Waals surface area contributed by atoms with Gasteiger partial charge in [-0.3, -0.25) is 9.35 Å². The van der Waals surface area contributed by atoms with Gasteiger partial charge in [-0.05, 0) is 46.0 Å². The molecule has 4 aromatic carbocycles. The lowest BCUT2D eigenvalue weighted by Crippen LogP contribution is -2.22. The second kappa shape index (κ2) is 12.4. The van der Waals surface area contributed by atoms with Crippen LogP contribution in [-0.2, 0) is 11.3 Å². The van der Waals surface area contributed by atoms with E-state index in [0.29, 0.717) is 39.3 Å². The molecule has 5 aromatic rings. The highest BCUT2D eigenvalue weighted by Crippen LogP contribution is 2.37. The molecular weight excluding hydrogens is 558 g/mol. The molecule has 0 saturated carbocycles. The SMILES string of the molecule is COc1cc(Nc2nc3ccccc3nc2N(c2cccc(-c3ccccc3C(=O)N=[N+]=[N-])c2)S(=O)O)cc(OC)c1. The molecule has 1 unspecified atom stereocenters. The number of benzene rings is 4. The fraction of sp³-hybridized carbons (Fsp3) is 0.0690. The number of hydrogen-bond acceptors (Lipinski definition) is 7. The van der Waals surface area contributed by atoms with E-state index in [-0.39, 0.29) is 22.9 Å². The van der Waals surface area contributed by atoms with Crippen LogP contribution in [0.1, 0.15) is 10.4 Å². The van der Waals surface area contributed by atoms with E-state index < -0.39 is 17.2 Å². The Bertz CT molecular complexity index is 1860. The van der Waals surface area contributed by atoms with Crippen LogP contribution in [0, 0.1) is 0 Å². The highest BCUT2D eigenvalue weighted by Gasteiger charge is 2.24. The fourth-order valence-corrected chi connectivity index (χ4v) is 4.90. The lowest BCUT2D eigenvalue weighted by atomic mass is 9.99. The summed E-state index contributed by atoms with van der Waals surface area (Å²) in [6.45, 7) is 0. The van der Waals surface area contributed by atoms with Gasteiger partial charge in [0.1, 0.15) is 11.5 Å². The summed E-state index contributed by atoms with van der Waals surface area (Å²) in [5.41, 5.74) is 11.9. The largest absolute Gasteiger partial charge is 0.497 e. The number of fused-ring (bicyclic) bond motifs is 1. The van der Waals surface area contributed by atoms with Crippen molar-refractivity contribution in [3.63, 3.8) is 0 Å². The quantitative estimate of drug-likeness (QED) is 0.0832. The van der Waals surface area contributed by atoms with Crippen LogP contribution in [0.5, 0.6) is 11.5 Å². The summed E-state index contributed by atoms with van der Waals surface area (Å²) in [5, 5.41) is 6.41. The van der Waals surface area contributed by atoms with Crippen molar-refractivity contribution >= 4 is 51.2 Å². The third kappa shape index (κ3) is 5.83. The minimum atomic E-state index is -2.60. The van der Waals surface area contributed by atoms with E-state index in [9.17, 15) is 13.6 Å². The van der Waals surface area contributed by atoms with Crippen LogP contribution >= 0.6 is 0 Å². The van der Waals surface area contributed by atoms with Crippen LogP contribution in [0.15, 0.2) is 96.1 Å². The number of ether oxygens (including phenoxy) is 2. The number of aromatic nitrogens is 2. The van der Waals surface area contributed by atoms with Gasteiger partial charge in [0.25, 0.3) is 11.3 Å². The number of nitrogens with zero attached hydrogens (tertiary/aromatic N) is 6. The van der Waals surface area contributed by atoms with E-state index >= 15 is 0 Å². The molecule has 0 aliphatic rings. The number of hydrogen-bond donors (Lipinski definition) is 2. The van der Waals surface area contributed by atoms with Crippen molar-refractivity contribution in [3.05, 3.63) is 107 Å². The first-order valence-corrected chi connectivity index (χ1v) is 13.4. The minimum absolute atomic E-state index is 0.0620. The maximum atomic E-state index is 12.9. The maximum absolute atomic E-state index is 12.9. The molecule has 1 heterocycles. The summed E-state index contributed by atoms with van der Waals surface area (Å²) in [6, 6.07) is 25.6. The predicted molar refractivity (Wildman–Crippen MR) is 161 cm³/mol. The predicted octanol–water partition coefficient (Wildman–Crippen LogP) is 6.78. The van der Waals surface area contributed by atoms with Crippen LogP contribution in [-0.4, -0.2) is 38.9 Å². The number of azide groups is 1. The van der Waals surface area contributed by atoms with E-state index in [1.807, 2.05) is 6.07 Å². The second-order valence-electron chi connectivity index (χ2n) is 8.73. The van der Waals surface area contributed by atoms with Crippen LogP contribution < -0.4 is 19.1 Å². The van der Waals surface area contributed by atoms with Gasteiger partial charge in [0.05, 0.1) is 30.9 Å². The highest BCUT2D eigenvalue weighted by atomic mass is 32.2. The standard InChI is InChI=1S/C29H23N7O5S/c1-40-21-15-19(16-22(17-21)41-2)31-27-28(33-26-13-6-5-12-25(26)32-27)36(42(38)39)20-9-7-8-18(14-20)23-10-3-4-11-24(23)29(37)34-35-30/h3-17H,1-2H3,(H,31,32)(H,38,39). The number of amides is 1. The third-order valence-electron chi connectivity index (χ3n) is 6.20. The van der Waals surface area contributed by atoms with Crippen molar-refractivity contribution in [1.29, 1.82) is 0 Å². The number of methoxy groups -OCH3 is 2. The maximum Gasteiger partial charge on any atom is 0.268 e. The Morgan fingerprint density at radius 1 is 0.929 bits per heavy atom. The Morgan fingerprint density at radius 3 is 2.26 bits per heavy atom. The first-order chi connectivity index (χ1) is 20.4. The summed E-state index contributed by atoms with van der Waals surface area (Å²) in [7, 11) is 3.06. The monoisotopic (exact) mass is 581 g/mol. The van der Waals surface area contributed by atoms with Crippen molar-refractivity contribution in [1.82, 2.24) is 9.97 Å². The molecular formula is C29H23N7O5S. The second-order valence-corrected chi connectivity index (χ2v) is 9.55. The Morgan fingerprint density at radius 2 is 1.60 bits per heavy atom. The molecule has 0 fully saturated rings. The molecule has 0 radical (unpaired) electrons. The van der Waals surface area contributed by atoms with Gasteiger partial charge < -0.3 is 14.8 Å². The molecule has 0 spiro atoms. The Hall–Kier alpha value is -5.49. The number of carbonyl (C=O) groups excluding carboxylic acids is 1. The lowest BCUT2D eigenvalue weighted by Gasteiger charge is -2.23. The van der Waals surface area contributed by atoms with E-state index in [1.165, 1.54) is 14.2 Å². The summed E-state index contributed by atoms with van der Waals surface area (Å²) in [6.07, 6.45) is 0. The zero-order chi connectivity index (χ0) is 29.6. The molecule has 1 aromatic heterocycles. The molecule has 0 aliphatic carbocycles. The molecule has 12 nitrogen and oxygen atoms in total. The van der Waals surface area contributed by atoms with E-state index in [0.717, 1.165) is 4.31 Å². The molecule has 1 atom stereocenters. The van der Waals surface area contributed by atoms with E-state index in [2.05, 4.69) is 15.3 Å². The Balaban J connectivity index is 1.66. The highest BCUT2D eigenvalue weighted by molar-refractivity contribution is 7.81. The van der Waals surface area contributed by atoms with Crippen molar-refractivity contribution in [2.24, 2.45) is 5.11 Å². The van der Waals surface area contributed by atoms with Crippen molar-refractivity contribution < 1.29 is 23.0 Å². The Labute approximate surface area is 242 Å². The van der Waals surface area contributed by atoms with Gasteiger partial charge in [-0.25, -0.2) is 18.5 Å². The topological polar surface area (TPSA) is 163 Å². The molecule has 0 saturated heterocycles. The summed E-state index contributed by atoms with van der Waals surface area (Å²) in [4.78, 5) is 24.5. The van der Waals surface area contributed by atoms with E-state index in [4.69, 9.17) is 25.0 Å². The third-order valence-corrected chi connectivity index (χ3v) is 6.90. The van der Waals surface area contributed by atoms with Gasteiger partial charge in [-0.1, -0.05) is 48.5 Å². The number of para-hydroxylation sites is 2. The molecule has 0 aliphatic heterocycles. The fourth-order valence-electron chi connectivity index (χ4n) is 4.33. The average molecular weight is 582 g/mol. The molecule has 2 N–H and O–H groups in total. The van der Waals surface area contributed by atoms with Crippen LogP contribution in [0.4, 0.5) is 23.0 Å². The van der Waals surface area contributed by atoms with Gasteiger partial charge >= 0.3 is 0 Å². The van der Waals surface area contributed by atoms with Crippen molar-refractivity contribution in [3.8, 4) is 22.6 Å². The molecule has 5 rings (SSSR count). The van der Waals surface area contributed by atoms with Crippen molar-refractivity contribution in [2.75, 3.05) is 23.8 Å². The summed E-state index contributed by atoms with van der Waals surface area (Å²) < 4.78 is 35.4. The first kappa shape index (κ1) is 28.1. The molecule has 1 amide bonds. The van der Waals surface area contributed by atoms with Gasteiger partial charge in [-0.2, -0.15) is 0 Å². The average Bonchev–Trinajstić information content (AvgIpc) is 3.01. The van der Waals surface area contributed by atoms with Crippen LogP contribution in [0.3, 0.4) is 0 Å². The van der Waals surface area contributed by atoms with Crippen molar-refractivity contribution in [2.45, 2.75) is 0 Å². The van der Waals surface area contributed by atoms with Gasteiger partial charge in [0, 0.05) is 34.4 Å². The normalized spacial score (nSPS) is 11.3. The lowest BCUT2D eigenvalue weighted by molar-refractivity contribution is 0.100. The molecule has 42 heavy (non-hydrogen) atoms. The van der Waals surface area contributed by atoms with Gasteiger partial charge in [-0.15, -0.1) is 0 Å². The molecule has 13 heteroatoms. The minimum Gasteiger partial charge on any atom is -0.497 e. The van der Waals surface area contributed by atoms with Crippen LogP contribution in [0.2, 0.25) is 0 Å². The zero-order valence-corrected chi connectivity index (χ0v) is 23.1. The summed E-state index contributed by atoms with van der Waals surface area (Å²) in [5.74, 6) is 0.553. The molecule has 0 bridgehead atoms. The summed E-state index contributed by atoms with van der Waals surface area (Å²) >= 11 is -2.60. The number of nitrogens with one attached hydrogen (secondary N) is 1. The van der Waals surface area contributed by atoms with Gasteiger partial charge in [0.15, 0.2) is 11.6 Å². The Kier molecular flexibility index (Phi) is 8.25. The van der Waals surface area contributed by atoms with E-state index in [1.54, 1.807) is 84.9 Å². The molecule has 210 valence electrons.